The van der Waals surface area contributed by atoms with Crippen LogP contribution in [0.3, 0.4) is 0 Å². The fourth-order valence-electron chi connectivity index (χ4n) is 3.83. The summed E-state index contributed by atoms with van der Waals surface area (Å²) in [5.41, 5.74) is 2.67. The Hall–Kier alpha value is -2.99. The number of nitrogens with one attached hydrogen (secondary N) is 1. The van der Waals surface area contributed by atoms with Crippen LogP contribution in [0.5, 0.6) is 0 Å². The quantitative estimate of drug-likeness (QED) is 0.579. The summed E-state index contributed by atoms with van der Waals surface area (Å²) in [6, 6.07) is 16.1. The topological polar surface area (TPSA) is 63.1 Å². The average Bonchev–Trinajstić information content (AvgIpc) is 3.23. The summed E-state index contributed by atoms with van der Waals surface area (Å²) in [5, 5.41) is 7.62. The summed E-state index contributed by atoms with van der Waals surface area (Å²) in [6.45, 7) is 10.8. The van der Waals surface area contributed by atoms with Crippen LogP contribution < -0.4 is 5.32 Å². The lowest BCUT2D eigenvalue weighted by Crippen LogP contribution is -2.38. The van der Waals surface area contributed by atoms with E-state index in [4.69, 9.17) is 0 Å². The van der Waals surface area contributed by atoms with Crippen LogP contribution in [0, 0.1) is 0 Å². The van der Waals surface area contributed by atoms with E-state index in [1.807, 2.05) is 36.4 Å². The van der Waals surface area contributed by atoms with E-state index in [0.29, 0.717) is 17.9 Å². The van der Waals surface area contributed by atoms with Crippen LogP contribution in [0.1, 0.15) is 61.3 Å². The van der Waals surface area contributed by atoms with Gasteiger partial charge >= 0.3 is 0 Å². The lowest BCUT2D eigenvalue weighted by Gasteiger charge is -2.30. The van der Waals surface area contributed by atoms with Gasteiger partial charge in [0.1, 0.15) is 0 Å². The minimum atomic E-state index is -0.103. The molecule has 0 saturated carbocycles. The summed E-state index contributed by atoms with van der Waals surface area (Å²) in [4.78, 5) is 19.9. The second kappa shape index (κ2) is 10.2. The largest absolute Gasteiger partial charge is 0.350 e. The summed E-state index contributed by atoms with van der Waals surface area (Å²) in [5.74, 6) is 0.738. The molecule has 0 fully saturated rings. The number of carbonyl (C=O) groups excluding carboxylic acids is 1. The molecule has 1 atom stereocenters. The minimum absolute atomic E-state index is 0.103. The fourth-order valence-corrected chi connectivity index (χ4v) is 3.83. The van der Waals surface area contributed by atoms with Gasteiger partial charge in [-0.2, -0.15) is 5.10 Å². The van der Waals surface area contributed by atoms with E-state index in [-0.39, 0.29) is 17.9 Å². The van der Waals surface area contributed by atoms with Crippen molar-refractivity contribution in [3.63, 3.8) is 0 Å². The molecule has 3 aromatic rings. The Morgan fingerprint density at radius 1 is 1.07 bits per heavy atom. The zero-order valence-corrected chi connectivity index (χ0v) is 18.2. The molecule has 0 aliphatic heterocycles. The number of pyridine rings is 1. The molecule has 158 valence electrons. The first-order valence-electron chi connectivity index (χ1n) is 10.6. The predicted octanol–water partition coefficient (Wildman–Crippen LogP) is 4.20. The molecule has 6 nitrogen and oxygen atoms in total. The number of rotatable bonds is 9. The van der Waals surface area contributed by atoms with Crippen LogP contribution in [0.4, 0.5) is 0 Å². The van der Waals surface area contributed by atoms with E-state index in [1.54, 1.807) is 17.1 Å². The SMILES string of the molecule is CCN(CC)C(CNC(=O)c1cnn(-c2ccccn2)c1C(C)C)c1ccccc1. The first-order chi connectivity index (χ1) is 14.6. The van der Waals surface area contributed by atoms with Gasteiger partial charge in [0.05, 0.1) is 23.5 Å². The molecule has 0 spiro atoms. The molecule has 2 aromatic heterocycles. The van der Waals surface area contributed by atoms with Gasteiger partial charge in [-0.25, -0.2) is 9.67 Å². The van der Waals surface area contributed by atoms with E-state index in [1.165, 1.54) is 5.56 Å². The van der Waals surface area contributed by atoms with Crippen LogP contribution in [0.15, 0.2) is 60.9 Å². The number of likely N-dealkylation sites (N-methyl/N-ethyl adjacent to an activating group) is 1. The Balaban J connectivity index is 1.84. The maximum Gasteiger partial charge on any atom is 0.254 e. The van der Waals surface area contributed by atoms with E-state index in [0.717, 1.165) is 18.8 Å². The molecule has 0 bridgehead atoms. The van der Waals surface area contributed by atoms with Crippen molar-refractivity contribution in [1.82, 2.24) is 25.0 Å². The van der Waals surface area contributed by atoms with Crippen molar-refractivity contribution in [2.45, 2.75) is 39.7 Å². The standard InChI is InChI=1S/C24H31N5O/c1-5-28(6-2)21(19-12-8-7-9-13-19)17-26-24(30)20-16-27-29(23(20)18(3)4)22-14-10-11-15-25-22/h7-16,18,21H,5-6,17H2,1-4H3,(H,26,30). The van der Waals surface area contributed by atoms with Crippen molar-refractivity contribution in [2.75, 3.05) is 19.6 Å². The first kappa shape index (κ1) is 21.7. The normalized spacial score (nSPS) is 12.3. The van der Waals surface area contributed by atoms with Gasteiger partial charge in [-0.05, 0) is 36.7 Å². The van der Waals surface area contributed by atoms with Crippen molar-refractivity contribution >= 4 is 5.91 Å². The highest BCUT2D eigenvalue weighted by Gasteiger charge is 2.23. The van der Waals surface area contributed by atoms with Gasteiger partial charge in [0, 0.05) is 12.7 Å². The van der Waals surface area contributed by atoms with Crippen molar-refractivity contribution in [2.24, 2.45) is 0 Å². The Labute approximate surface area is 178 Å². The van der Waals surface area contributed by atoms with Crippen molar-refractivity contribution in [3.05, 3.63) is 77.7 Å². The number of aromatic nitrogens is 3. The van der Waals surface area contributed by atoms with Crippen LogP contribution >= 0.6 is 0 Å². The molecule has 1 unspecified atom stereocenters. The molecule has 6 heteroatoms. The molecule has 0 aliphatic carbocycles. The molecule has 0 saturated heterocycles. The van der Waals surface area contributed by atoms with Gasteiger partial charge in [0.2, 0.25) is 0 Å². The molecular formula is C24H31N5O. The van der Waals surface area contributed by atoms with Gasteiger partial charge in [0.15, 0.2) is 5.82 Å². The second-order valence-corrected chi connectivity index (χ2v) is 7.56. The Morgan fingerprint density at radius 2 is 1.77 bits per heavy atom. The smallest absolute Gasteiger partial charge is 0.254 e. The summed E-state index contributed by atoms with van der Waals surface area (Å²) < 4.78 is 1.76. The molecule has 0 aliphatic rings. The zero-order valence-electron chi connectivity index (χ0n) is 18.2. The van der Waals surface area contributed by atoms with Gasteiger partial charge < -0.3 is 5.32 Å². The van der Waals surface area contributed by atoms with Crippen LogP contribution in [-0.2, 0) is 0 Å². The highest BCUT2D eigenvalue weighted by atomic mass is 16.1. The van der Waals surface area contributed by atoms with Gasteiger partial charge in [0.25, 0.3) is 5.91 Å². The number of benzene rings is 1. The Morgan fingerprint density at radius 3 is 2.37 bits per heavy atom. The van der Waals surface area contributed by atoms with E-state index in [9.17, 15) is 4.79 Å². The summed E-state index contributed by atoms with van der Waals surface area (Å²) in [6.07, 6.45) is 3.38. The molecule has 0 radical (unpaired) electrons. The lowest BCUT2D eigenvalue weighted by atomic mass is 10.0. The number of carbonyl (C=O) groups is 1. The van der Waals surface area contributed by atoms with Gasteiger partial charge in [-0.1, -0.05) is 64.1 Å². The maximum absolute atomic E-state index is 13.1. The highest BCUT2D eigenvalue weighted by molar-refractivity contribution is 5.95. The van der Waals surface area contributed by atoms with E-state index < -0.39 is 0 Å². The molecular weight excluding hydrogens is 374 g/mol. The molecule has 1 aromatic carbocycles. The number of hydrogen-bond acceptors (Lipinski definition) is 4. The Bertz CT molecular complexity index is 933. The summed E-state index contributed by atoms with van der Waals surface area (Å²) >= 11 is 0. The molecule has 1 amide bonds. The monoisotopic (exact) mass is 405 g/mol. The molecule has 2 heterocycles. The number of amides is 1. The lowest BCUT2D eigenvalue weighted by molar-refractivity contribution is 0.0933. The Kier molecular flexibility index (Phi) is 7.36. The molecule has 30 heavy (non-hydrogen) atoms. The average molecular weight is 406 g/mol. The van der Waals surface area contributed by atoms with Crippen LogP contribution in [-0.4, -0.2) is 45.2 Å². The van der Waals surface area contributed by atoms with Crippen molar-refractivity contribution < 1.29 is 4.79 Å². The van der Waals surface area contributed by atoms with Gasteiger partial charge in [-0.15, -0.1) is 0 Å². The minimum Gasteiger partial charge on any atom is -0.350 e. The van der Waals surface area contributed by atoms with Crippen molar-refractivity contribution in [1.29, 1.82) is 0 Å². The molecule has 1 N–H and O–H groups in total. The number of nitrogens with zero attached hydrogens (tertiary/aromatic N) is 4. The van der Waals surface area contributed by atoms with Crippen LogP contribution in [0.2, 0.25) is 0 Å². The van der Waals surface area contributed by atoms with Crippen molar-refractivity contribution in [3.8, 4) is 5.82 Å². The van der Waals surface area contributed by atoms with Crippen LogP contribution in [0.25, 0.3) is 5.82 Å². The third kappa shape index (κ3) is 4.76. The third-order valence-corrected chi connectivity index (χ3v) is 5.36. The number of hydrogen-bond donors (Lipinski definition) is 1. The third-order valence-electron chi connectivity index (χ3n) is 5.36. The summed E-state index contributed by atoms with van der Waals surface area (Å²) in [7, 11) is 0. The van der Waals surface area contributed by atoms with E-state index in [2.05, 4.69) is 60.1 Å². The zero-order chi connectivity index (χ0) is 21.5. The predicted molar refractivity (Wildman–Crippen MR) is 120 cm³/mol. The van der Waals surface area contributed by atoms with Gasteiger partial charge in [-0.3, -0.25) is 9.69 Å². The second-order valence-electron chi connectivity index (χ2n) is 7.56. The highest BCUT2D eigenvalue weighted by Crippen LogP contribution is 2.23. The fraction of sp³-hybridized carbons (Fsp3) is 0.375. The first-order valence-corrected chi connectivity index (χ1v) is 10.6. The maximum atomic E-state index is 13.1. The molecule has 3 rings (SSSR count). The van der Waals surface area contributed by atoms with E-state index >= 15 is 0 Å².